The number of carbonyl (C=O) groups excluding carboxylic acids is 2. The molecule has 0 spiro atoms. The molecule has 0 fully saturated rings. The zero-order chi connectivity index (χ0) is 40.3. The van der Waals surface area contributed by atoms with Crippen LogP contribution >= 0.6 is 136 Å². The van der Waals surface area contributed by atoms with Gasteiger partial charge in [0, 0.05) is 26.6 Å². The molecule has 0 heterocycles. The van der Waals surface area contributed by atoms with E-state index in [0.717, 1.165) is 77.6 Å². The number of aliphatic hydroxyl groups is 2. The van der Waals surface area contributed by atoms with Crippen LogP contribution in [0.3, 0.4) is 0 Å². The summed E-state index contributed by atoms with van der Waals surface area (Å²) in [6.45, 7) is 3.78. The van der Waals surface area contributed by atoms with Crippen LogP contribution in [-0.4, -0.2) is 34.7 Å². The summed E-state index contributed by atoms with van der Waals surface area (Å²) in [5, 5.41) is 21.4. The number of Topliss-reactive ketones (excluding diaryl/α,β-unsaturated/α-hetero) is 1. The normalized spacial score (nSPS) is 14.0. The molecule has 54 heavy (non-hydrogen) atoms. The van der Waals surface area contributed by atoms with Crippen LogP contribution in [-0.2, 0) is 9.59 Å². The predicted molar refractivity (Wildman–Crippen MR) is 275 cm³/mol. The molecule has 3 atom stereocenters. The summed E-state index contributed by atoms with van der Waals surface area (Å²) in [6.07, 6.45) is 21.1. The van der Waals surface area contributed by atoms with Crippen LogP contribution in [0.5, 0.6) is 5.75 Å². The van der Waals surface area contributed by atoms with Crippen LogP contribution in [0.15, 0.2) is 24.3 Å². The van der Waals surface area contributed by atoms with Crippen molar-refractivity contribution in [1.82, 2.24) is 0 Å². The number of rotatable bonds is 27. The zero-order valence-electron chi connectivity index (χ0n) is 31.6. The number of hydrogen-bond donors (Lipinski definition) is 4. The van der Waals surface area contributed by atoms with E-state index in [2.05, 4.69) is 162 Å². The van der Waals surface area contributed by atoms with E-state index in [1.54, 1.807) is 0 Å². The summed E-state index contributed by atoms with van der Waals surface area (Å²) in [5.74, 6) is -1.35. The Balaban J connectivity index is 2.44. The SMILES string of the molecule is CCCCCCCC/C=C\CCCCCCCC(=O)C(CC(O)CO)(C(=O)Oc1c(I)cc(I)c(N)c1I)C(CCCCC)c1c(I)cc(I)c(N)c1I. The monoisotopic (exact) mass is 1420 g/mol. The van der Waals surface area contributed by atoms with Crippen LogP contribution in [0.1, 0.15) is 147 Å². The number of ketones is 1. The number of nitrogen functional groups attached to an aromatic ring is 2. The van der Waals surface area contributed by atoms with Crippen LogP contribution < -0.4 is 16.2 Å². The second kappa shape index (κ2) is 27.9. The molecule has 6 N–H and O–H groups in total. The fourth-order valence-electron chi connectivity index (χ4n) is 6.85. The minimum Gasteiger partial charge on any atom is -0.423 e. The Bertz CT molecular complexity index is 1520. The summed E-state index contributed by atoms with van der Waals surface area (Å²) in [7, 11) is 0. The second-order valence-electron chi connectivity index (χ2n) is 14.1. The van der Waals surface area contributed by atoms with E-state index >= 15 is 9.59 Å². The molecule has 0 amide bonds. The van der Waals surface area contributed by atoms with Gasteiger partial charge in [-0.05, 0) is 198 Å². The van der Waals surface area contributed by atoms with E-state index in [1.807, 2.05) is 12.1 Å². The van der Waals surface area contributed by atoms with Gasteiger partial charge in [-0.3, -0.25) is 9.59 Å². The second-order valence-corrected chi connectivity index (χ2v) is 20.9. The number of unbranched alkanes of at least 4 members (excludes halogenated alkanes) is 13. The third-order valence-corrected chi connectivity index (χ3v) is 15.6. The van der Waals surface area contributed by atoms with Gasteiger partial charge in [-0.15, -0.1) is 0 Å². The van der Waals surface area contributed by atoms with E-state index in [0.29, 0.717) is 37.1 Å². The van der Waals surface area contributed by atoms with E-state index in [1.165, 1.54) is 38.5 Å². The topological polar surface area (TPSA) is 136 Å². The molecule has 0 aliphatic carbocycles. The molecule has 0 aliphatic rings. The predicted octanol–water partition coefficient (Wildman–Crippen LogP) is 13.1. The lowest BCUT2D eigenvalue weighted by molar-refractivity contribution is -0.158. The summed E-state index contributed by atoms with van der Waals surface area (Å²) in [6, 6.07) is 3.84. The fraction of sp³-hybridized carbons (Fsp3) is 0.610. The van der Waals surface area contributed by atoms with Crippen LogP contribution in [0.2, 0.25) is 0 Å². The first-order valence-electron chi connectivity index (χ1n) is 19.3. The molecule has 13 heteroatoms. The first-order chi connectivity index (χ1) is 25.8. The maximum Gasteiger partial charge on any atom is 0.325 e. The van der Waals surface area contributed by atoms with Crippen molar-refractivity contribution >= 4 is 159 Å². The number of aliphatic hydroxyl groups excluding tert-OH is 2. The Morgan fingerprint density at radius 2 is 1.22 bits per heavy atom. The van der Waals surface area contributed by atoms with Crippen molar-refractivity contribution in [3.05, 3.63) is 51.3 Å². The van der Waals surface area contributed by atoms with E-state index < -0.39 is 30.0 Å². The molecular formula is C41H58I6N2O5. The maximum absolute atomic E-state index is 15.1. The minimum atomic E-state index is -1.79. The smallest absolute Gasteiger partial charge is 0.325 e. The van der Waals surface area contributed by atoms with Crippen molar-refractivity contribution in [1.29, 1.82) is 0 Å². The van der Waals surface area contributed by atoms with Gasteiger partial charge in [0.05, 0.1) is 31.2 Å². The molecule has 2 rings (SSSR count). The van der Waals surface area contributed by atoms with Crippen molar-refractivity contribution in [2.75, 3.05) is 18.1 Å². The molecule has 7 nitrogen and oxygen atoms in total. The van der Waals surface area contributed by atoms with Gasteiger partial charge in [-0.1, -0.05) is 96.6 Å². The molecule has 0 radical (unpaired) electrons. The van der Waals surface area contributed by atoms with E-state index in [4.69, 9.17) is 16.2 Å². The number of nitrogens with two attached hydrogens (primary N) is 2. The Labute approximate surface area is 406 Å². The highest BCUT2D eigenvalue weighted by Gasteiger charge is 2.55. The Hall–Kier alpha value is 1.22. The van der Waals surface area contributed by atoms with Crippen molar-refractivity contribution < 1.29 is 24.5 Å². The zero-order valence-corrected chi connectivity index (χ0v) is 44.6. The largest absolute Gasteiger partial charge is 0.423 e. The molecule has 0 saturated carbocycles. The van der Waals surface area contributed by atoms with Crippen LogP contribution in [0, 0.1) is 26.8 Å². The lowest BCUT2D eigenvalue weighted by Gasteiger charge is -2.40. The number of ether oxygens (including phenoxy) is 1. The standard InChI is InChI=1S/C41H58I6N2O5/c1-3-5-7-8-9-10-11-12-13-14-15-16-17-18-20-22-33(52)41(25-27(51)26-50,40(53)54-39-32(45)24-31(44)38(49)36(39)47)28(21-19-6-4-2)34-29(42)23-30(43)37(48)35(34)46/h12-13,23-24,27-28,50-51H,3-11,14-22,25-26,48-49H2,1-2H3/b13-12-. The number of carbonyl (C=O) groups is 2. The third-order valence-electron chi connectivity index (χ3n) is 9.93. The Morgan fingerprint density at radius 3 is 1.80 bits per heavy atom. The van der Waals surface area contributed by atoms with Gasteiger partial charge in [-0.25, -0.2) is 0 Å². The fourth-order valence-corrected chi connectivity index (χ4v) is 14.6. The number of halogens is 6. The number of esters is 1. The molecule has 0 aromatic heterocycles. The Morgan fingerprint density at radius 1 is 0.722 bits per heavy atom. The number of allylic oxidation sites excluding steroid dienone is 2. The number of anilines is 2. The van der Waals surface area contributed by atoms with Gasteiger partial charge in [0.15, 0.2) is 11.5 Å². The first-order valence-corrected chi connectivity index (χ1v) is 25.8. The first kappa shape index (κ1) is 51.4. The van der Waals surface area contributed by atoms with Gasteiger partial charge in [0.1, 0.15) is 5.41 Å². The molecule has 3 unspecified atom stereocenters. The lowest BCUT2D eigenvalue weighted by Crippen LogP contribution is -2.50. The Kier molecular flexibility index (Phi) is 26.5. The minimum absolute atomic E-state index is 0.158. The highest BCUT2D eigenvalue weighted by Crippen LogP contribution is 2.51. The average molecular weight is 1420 g/mol. The molecule has 0 saturated heterocycles. The third kappa shape index (κ3) is 15.7. The van der Waals surface area contributed by atoms with Gasteiger partial charge in [0.25, 0.3) is 0 Å². The lowest BCUT2D eigenvalue weighted by atomic mass is 9.63. The summed E-state index contributed by atoms with van der Waals surface area (Å²) in [5.41, 5.74) is 13.1. The van der Waals surface area contributed by atoms with Crippen molar-refractivity contribution in [2.24, 2.45) is 5.41 Å². The van der Waals surface area contributed by atoms with Gasteiger partial charge >= 0.3 is 5.97 Å². The molecule has 0 bridgehead atoms. The maximum atomic E-state index is 15.1. The molecule has 304 valence electrons. The average Bonchev–Trinajstić information content (AvgIpc) is 3.14. The van der Waals surface area contributed by atoms with Gasteiger partial charge in [0.2, 0.25) is 0 Å². The number of hydrogen-bond acceptors (Lipinski definition) is 7. The molecule has 0 aliphatic heterocycles. The molecule has 2 aromatic rings. The molecule has 2 aromatic carbocycles. The van der Waals surface area contributed by atoms with E-state index in [-0.39, 0.29) is 18.6 Å². The van der Waals surface area contributed by atoms with Crippen molar-refractivity contribution in [2.45, 2.75) is 148 Å². The van der Waals surface area contributed by atoms with E-state index in [9.17, 15) is 10.2 Å². The van der Waals surface area contributed by atoms with Gasteiger partial charge in [-0.2, -0.15) is 0 Å². The number of benzene rings is 2. The molecular weight excluding hydrogens is 1360 g/mol. The van der Waals surface area contributed by atoms with Gasteiger partial charge < -0.3 is 26.4 Å². The van der Waals surface area contributed by atoms with Crippen molar-refractivity contribution in [3.63, 3.8) is 0 Å². The van der Waals surface area contributed by atoms with Crippen LogP contribution in [0.25, 0.3) is 0 Å². The highest BCUT2D eigenvalue weighted by molar-refractivity contribution is 14.1. The summed E-state index contributed by atoms with van der Waals surface area (Å²) >= 11 is 13.1. The summed E-state index contributed by atoms with van der Waals surface area (Å²) < 4.78 is 11.0. The summed E-state index contributed by atoms with van der Waals surface area (Å²) in [4.78, 5) is 30.1. The highest BCUT2D eigenvalue weighted by atomic mass is 127. The van der Waals surface area contributed by atoms with Crippen LogP contribution in [0.4, 0.5) is 11.4 Å². The quantitative estimate of drug-likeness (QED) is 0.0133. The van der Waals surface area contributed by atoms with Crippen molar-refractivity contribution in [3.8, 4) is 5.75 Å².